The molecule has 0 aromatic heterocycles. The fourth-order valence-corrected chi connectivity index (χ4v) is 4.84. The van der Waals surface area contributed by atoms with Crippen LogP contribution < -0.4 is 0 Å². The van der Waals surface area contributed by atoms with Crippen LogP contribution >= 0.6 is 0 Å². The third-order valence-electron chi connectivity index (χ3n) is 6.55. The van der Waals surface area contributed by atoms with Gasteiger partial charge in [-0.2, -0.15) is 0 Å². The topological polar surface area (TPSA) is 3.24 Å². The fraction of sp³-hybridized carbons (Fsp3) is 0.660. The van der Waals surface area contributed by atoms with E-state index in [9.17, 15) is 0 Å². The predicted molar refractivity (Wildman–Crippen MR) is 272 cm³/mol. The summed E-state index contributed by atoms with van der Waals surface area (Å²) in [6, 6.07) is 26.0. The SMILES string of the molecule is C.C.C.C.C1CCCC1.CC.CC.CC.CC.CC.CC.CC.CCC.CCC.CCN1CCCC1.c1ccc2c(c1)c1ccccc1c1ccccc21. The zero-order valence-electron chi connectivity index (χ0n) is 37.9. The van der Waals surface area contributed by atoms with Gasteiger partial charge in [-0.15, -0.1) is 0 Å². The Hall–Kier alpha value is -2.38. The number of nitrogens with zero attached hydrogens (tertiary/aromatic N) is 1. The molecule has 0 amide bonds. The molecule has 1 saturated heterocycles. The highest BCUT2D eigenvalue weighted by Crippen LogP contribution is 2.34. The average Bonchev–Trinajstić information content (AvgIpc) is 4.00. The van der Waals surface area contributed by atoms with Crippen molar-refractivity contribution in [2.45, 2.75) is 219 Å². The third kappa shape index (κ3) is 36.6. The maximum absolute atomic E-state index is 2.49. The second-order valence-corrected chi connectivity index (χ2v) is 9.96. The first kappa shape index (κ1) is 76.4. The summed E-state index contributed by atoms with van der Waals surface area (Å²) in [6.45, 7) is 42.7. The van der Waals surface area contributed by atoms with Crippen molar-refractivity contribution in [3.63, 3.8) is 0 Å². The average molecular weight is 760 g/mol. The van der Waals surface area contributed by atoms with E-state index in [1.807, 2.05) is 96.9 Å². The third-order valence-corrected chi connectivity index (χ3v) is 6.55. The van der Waals surface area contributed by atoms with E-state index in [1.165, 1.54) is 110 Å². The maximum Gasteiger partial charge on any atom is -0.00184 e. The van der Waals surface area contributed by atoms with Gasteiger partial charge in [0.25, 0.3) is 0 Å². The lowest BCUT2D eigenvalue weighted by atomic mass is 9.95. The number of hydrogen-bond acceptors (Lipinski definition) is 1. The van der Waals surface area contributed by atoms with Gasteiger partial charge >= 0.3 is 0 Å². The van der Waals surface area contributed by atoms with E-state index in [2.05, 4.69) is 112 Å². The Kier molecular flexibility index (Phi) is 97.0. The second kappa shape index (κ2) is 68.6. The molecule has 4 aromatic rings. The highest BCUT2D eigenvalue weighted by molar-refractivity contribution is 6.25. The van der Waals surface area contributed by atoms with E-state index in [1.54, 1.807) is 0 Å². The number of fused-ring (bicyclic) bond motifs is 6. The lowest BCUT2D eigenvalue weighted by molar-refractivity contribution is 0.359. The Morgan fingerprint density at radius 3 is 0.574 bits per heavy atom. The van der Waals surface area contributed by atoms with Crippen molar-refractivity contribution in [3.05, 3.63) is 72.8 Å². The van der Waals surface area contributed by atoms with Crippen molar-refractivity contribution < 1.29 is 0 Å². The molecule has 1 aliphatic carbocycles. The number of likely N-dealkylation sites (tertiary alicyclic amines) is 1. The molecule has 1 nitrogen and oxygen atoms in total. The van der Waals surface area contributed by atoms with Crippen molar-refractivity contribution in [2.75, 3.05) is 19.6 Å². The molecular weight excluding hydrogens is 651 g/mol. The van der Waals surface area contributed by atoms with E-state index in [4.69, 9.17) is 0 Å². The molecule has 1 heterocycles. The van der Waals surface area contributed by atoms with Crippen LogP contribution in [0, 0.1) is 0 Å². The molecule has 1 saturated carbocycles. The van der Waals surface area contributed by atoms with Crippen molar-refractivity contribution in [3.8, 4) is 0 Å². The van der Waals surface area contributed by atoms with Crippen LogP contribution in [0.5, 0.6) is 0 Å². The normalized spacial score (nSPS) is 10.5. The molecule has 54 heavy (non-hydrogen) atoms. The minimum atomic E-state index is 0. The Balaban J connectivity index is -0.0000000576. The molecule has 2 fully saturated rings. The molecule has 0 unspecified atom stereocenters. The first-order valence-electron chi connectivity index (χ1n) is 21.7. The quantitative estimate of drug-likeness (QED) is 0.175. The molecule has 0 atom stereocenters. The van der Waals surface area contributed by atoms with Crippen LogP contribution in [0.4, 0.5) is 0 Å². The summed E-state index contributed by atoms with van der Waals surface area (Å²) in [7, 11) is 0. The van der Waals surface area contributed by atoms with Crippen LogP contribution in [0.15, 0.2) is 72.8 Å². The van der Waals surface area contributed by atoms with Crippen molar-refractivity contribution >= 4 is 32.3 Å². The fourth-order valence-electron chi connectivity index (χ4n) is 4.84. The van der Waals surface area contributed by atoms with Crippen LogP contribution in [0.3, 0.4) is 0 Å². The lowest BCUT2D eigenvalue weighted by Gasteiger charge is -2.09. The van der Waals surface area contributed by atoms with E-state index in [0.717, 1.165) is 0 Å². The van der Waals surface area contributed by atoms with Gasteiger partial charge in [0.2, 0.25) is 0 Å². The molecule has 0 N–H and O–H groups in total. The summed E-state index contributed by atoms with van der Waals surface area (Å²) in [4.78, 5) is 2.49. The smallest absolute Gasteiger partial charge is 0.00184 e. The lowest BCUT2D eigenvalue weighted by Crippen LogP contribution is -2.17. The molecule has 1 heteroatoms. The van der Waals surface area contributed by atoms with Gasteiger partial charge in [-0.3, -0.25) is 0 Å². The Bertz CT molecular complexity index is 874. The summed E-state index contributed by atoms with van der Waals surface area (Å²) in [6.07, 6.45) is 12.8. The van der Waals surface area contributed by atoms with E-state index >= 15 is 0 Å². The van der Waals surface area contributed by atoms with Gasteiger partial charge in [-0.05, 0) is 64.8 Å². The number of hydrogen-bond donors (Lipinski definition) is 0. The first-order chi connectivity index (χ1) is 24.7. The van der Waals surface area contributed by atoms with E-state index in [-0.39, 0.29) is 29.7 Å². The van der Waals surface area contributed by atoms with Crippen LogP contribution in [-0.4, -0.2) is 24.5 Å². The van der Waals surface area contributed by atoms with Crippen LogP contribution in [0.2, 0.25) is 0 Å². The predicted octanol–water partition coefficient (Wildman–Crippen LogP) is 20.8. The zero-order chi connectivity index (χ0) is 40.0. The summed E-state index contributed by atoms with van der Waals surface area (Å²) in [5.41, 5.74) is 0. The maximum atomic E-state index is 2.49. The molecule has 1 aliphatic heterocycles. The minimum absolute atomic E-state index is 0. The van der Waals surface area contributed by atoms with Gasteiger partial charge < -0.3 is 4.90 Å². The molecule has 4 aromatic carbocycles. The van der Waals surface area contributed by atoms with Crippen LogP contribution in [0.25, 0.3) is 32.3 Å². The summed E-state index contributed by atoms with van der Waals surface area (Å²) < 4.78 is 0. The molecule has 2 aliphatic rings. The van der Waals surface area contributed by atoms with E-state index in [0.29, 0.717) is 0 Å². The Morgan fingerprint density at radius 1 is 0.315 bits per heavy atom. The number of rotatable bonds is 1. The monoisotopic (exact) mass is 760 g/mol. The molecule has 0 bridgehead atoms. The van der Waals surface area contributed by atoms with Crippen molar-refractivity contribution in [1.29, 1.82) is 0 Å². The highest BCUT2D eigenvalue weighted by Gasteiger charge is 2.07. The van der Waals surface area contributed by atoms with Gasteiger partial charge in [0.05, 0.1) is 0 Å². The van der Waals surface area contributed by atoms with Crippen LogP contribution in [0.1, 0.15) is 219 Å². The summed E-state index contributed by atoms with van der Waals surface area (Å²) >= 11 is 0. The Morgan fingerprint density at radius 2 is 0.463 bits per heavy atom. The van der Waals surface area contributed by atoms with Gasteiger partial charge in [-0.25, -0.2) is 0 Å². The van der Waals surface area contributed by atoms with Gasteiger partial charge in [0.1, 0.15) is 0 Å². The zero-order valence-corrected chi connectivity index (χ0v) is 37.9. The minimum Gasteiger partial charge on any atom is -0.304 e. The molecule has 0 radical (unpaired) electrons. The van der Waals surface area contributed by atoms with Gasteiger partial charge in [0.15, 0.2) is 0 Å². The molecule has 6 rings (SSSR count). The standard InChI is InChI=1S/C18H12.C6H13N.C5H10.2C3H8.7C2H6.4CH4/c1-2-8-14-13(7-1)15-9-3-4-11-17(15)18-12-6-5-10-16(14)18;1-2-7-5-3-4-6-7;1-2-4-5-3-1;2*1-3-2;7*1-2;;;;/h1-12H;2-6H2,1H3;1-5H2;2*3H2,1-2H3;7*1-2H3;4*1H4. The molecular formula is C53H109N. The Labute approximate surface area is 347 Å². The van der Waals surface area contributed by atoms with Gasteiger partial charge in [-0.1, -0.05) is 279 Å². The largest absolute Gasteiger partial charge is 0.304 e. The summed E-state index contributed by atoms with van der Waals surface area (Å²) in [5, 5.41) is 8.04. The van der Waals surface area contributed by atoms with Crippen LogP contribution in [-0.2, 0) is 0 Å². The van der Waals surface area contributed by atoms with E-state index < -0.39 is 0 Å². The second-order valence-electron chi connectivity index (χ2n) is 9.96. The van der Waals surface area contributed by atoms with Crippen molar-refractivity contribution in [2.24, 2.45) is 0 Å². The summed E-state index contributed by atoms with van der Waals surface area (Å²) in [5.74, 6) is 0. The first-order valence-corrected chi connectivity index (χ1v) is 21.7. The number of benzene rings is 4. The molecule has 0 spiro atoms. The molecule has 326 valence electrons. The van der Waals surface area contributed by atoms with Gasteiger partial charge in [0, 0.05) is 0 Å². The highest BCUT2D eigenvalue weighted by atomic mass is 15.1. The van der Waals surface area contributed by atoms with Crippen molar-refractivity contribution in [1.82, 2.24) is 4.90 Å².